The lowest BCUT2D eigenvalue weighted by molar-refractivity contribution is 0.520. The van der Waals surface area contributed by atoms with Crippen molar-refractivity contribution in [3.63, 3.8) is 0 Å². The average Bonchev–Trinajstić information content (AvgIpc) is 2.40. The minimum absolute atomic E-state index is 0.00818. The van der Waals surface area contributed by atoms with E-state index in [4.69, 9.17) is 0 Å². The highest BCUT2D eigenvalue weighted by molar-refractivity contribution is 9.10. The standard InChI is InChI=1S/C17H18BrF2N/c1-3-21-17(13-6-11(2)7-14(18)8-13)9-12-4-5-15(19)10-16(12)20/h4-8,10,17,21H,3,9H2,1-2H3. The molecule has 2 rings (SSSR count). The maximum atomic E-state index is 13.8. The molecule has 0 bridgehead atoms. The van der Waals surface area contributed by atoms with Crippen LogP contribution in [0.15, 0.2) is 40.9 Å². The zero-order chi connectivity index (χ0) is 15.4. The van der Waals surface area contributed by atoms with Crippen LogP contribution in [0.5, 0.6) is 0 Å². The molecule has 1 nitrogen and oxygen atoms in total. The van der Waals surface area contributed by atoms with Gasteiger partial charge in [0.2, 0.25) is 0 Å². The van der Waals surface area contributed by atoms with E-state index in [9.17, 15) is 8.78 Å². The Morgan fingerprint density at radius 1 is 1.14 bits per heavy atom. The molecular weight excluding hydrogens is 336 g/mol. The van der Waals surface area contributed by atoms with Crippen molar-refractivity contribution < 1.29 is 8.78 Å². The van der Waals surface area contributed by atoms with Crippen molar-refractivity contribution in [2.75, 3.05) is 6.54 Å². The summed E-state index contributed by atoms with van der Waals surface area (Å²) in [7, 11) is 0. The molecule has 112 valence electrons. The van der Waals surface area contributed by atoms with E-state index in [1.165, 1.54) is 12.1 Å². The van der Waals surface area contributed by atoms with Gasteiger partial charge in [0.1, 0.15) is 11.6 Å². The van der Waals surface area contributed by atoms with Crippen LogP contribution in [0.2, 0.25) is 0 Å². The van der Waals surface area contributed by atoms with Gasteiger partial charge in [0.15, 0.2) is 0 Å². The predicted octanol–water partition coefficient (Wildman–Crippen LogP) is 4.93. The van der Waals surface area contributed by atoms with Gasteiger partial charge >= 0.3 is 0 Å². The Kier molecular flexibility index (Phi) is 5.48. The van der Waals surface area contributed by atoms with E-state index in [0.29, 0.717) is 12.0 Å². The number of benzene rings is 2. The van der Waals surface area contributed by atoms with Gasteiger partial charge in [0.25, 0.3) is 0 Å². The summed E-state index contributed by atoms with van der Waals surface area (Å²) in [5, 5.41) is 3.36. The van der Waals surface area contributed by atoms with Gasteiger partial charge in [-0.05, 0) is 54.8 Å². The molecule has 0 aliphatic heterocycles. The molecule has 0 aliphatic rings. The lowest BCUT2D eigenvalue weighted by atomic mass is 9.97. The maximum Gasteiger partial charge on any atom is 0.129 e. The summed E-state index contributed by atoms with van der Waals surface area (Å²) in [6.45, 7) is 4.81. The van der Waals surface area contributed by atoms with Crippen molar-refractivity contribution in [3.8, 4) is 0 Å². The minimum Gasteiger partial charge on any atom is -0.310 e. The first kappa shape index (κ1) is 16.1. The monoisotopic (exact) mass is 353 g/mol. The van der Waals surface area contributed by atoms with Gasteiger partial charge in [-0.2, -0.15) is 0 Å². The van der Waals surface area contributed by atoms with Crippen molar-refractivity contribution in [3.05, 3.63) is 69.2 Å². The Morgan fingerprint density at radius 3 is 2.52 bits per heavy atom. The highest BCUT2D eigenvalue weighted by atomic mass is 79.9. The number of nitrogens with one attached hydrogen (secondary N) is 1. The molecule has 0 amide bonds. The lowest BCUT2D eigenvalue weighted by Crippen LogP contribution is -2.23. The van der Waals surface area contributed by atoms with Gasteiger partial charge in [0.05, 0.1) is 0 Å². The second-order valence-electron chi connectivity index (χ2n) is 5.11. The number of hydrogen-bond donors (Lipinski definition) is 1. The number of halogens is 3. The highest BCUT2D eigenvalue weighted by Crippen LogP contribution is 2.25. The van der Waals surface area contributed by atoms with Gasteiger partial charge in [-0.25, -0.2) is 8.78 Å². The van der Waals surface area contributed by atoms with E-state index in [2.05, 4.69) is 27.3 Å². The topological polar surface area (TPSA) is 12.0 Å². The third-order valence-electron chi connectivity index (χ3n) is 3.36. The second-order valence-corrected chi connectivity index (χ2v) is 6.03. The molecule has 0 heterocycles. The molecule has 4 heteroatoms. The van der Waals surface area contributed by atoms with E-state index in [0.717, 1.165) is 28.2 Å². The summed E-state index contributed by atoms with van der Waals surface area (Å²) in [6, 6.07) is 9.88. The van der Waals surface area contributed by atoms with Gasteiger partial charge in [0, 0.05) is 16.6 Å². The molecule has 2 aromatic carbocycles. The van der Waals surface area contributed by atoms with Crippen molar-refractivity contribution in [1.29, 1.82) is 0 Å². The van der Waals surface area contributed by atoms with Crippen LogP contribution in [0.25, 0.3) is 0 Å². The first-order valence-corrected chi connectivity index (χ1v) is 7.73. The smallest absolute Gasteiger partial charge is 0.129 e. The van der Waals surface area contributed by atoms with Gasteiger partial charge in [-0.3, -0.25) is 0 Å². The van der Waals surface area contributed by atoms with E-state index in [1.807, 2.05) is 26.0 Å². The molecule has 0 spiro atoms. The van der Waals surface area contributed by atoms with Crippen LogP contribution < -0.4 is 5.32 Å². The molecular formula is C17H18BrF2N. The van der Waals surface area contributed by atoms with Crippen molar-refractivity contribution in [1.82, 2.24) is 5.32 Å². The average molecular weight is 354 g/mol. The molecule has 0 saturated carbocycles. The van der Waals surface area contributed by atoms with Crippen LogP contribution >= 0.6 is 15.9 Å². The molecule has 0 saturated heterocycles. The molecule has 0 radical (unpaired) electrons. The summed E-state index contributed by atoms with van der Waals surface area (Å²) in [5.74, 6) is -1.04. The predicted molar refractivity (Wildman–Crippen MR) is 85.4 cm³/mol. The zero-order valence-electron chi connectivity index (χ0n) is 12.1. The van der Waals surface area contributed by atoms with Gasteiger partial charge in [-0.15, -0.1) is 0 Å². The fourth-order valence-electron chi connectivity index (χ4n) is 2.43. The van der Waals surface area contributed by atoms with Crippen LogP contribution in [0.3, 0.4) is 0 Å². The third-order valence-corrected chi connectivity index (χ3v) is 3.81. The normalized spacial score (nSPS) is 12.4. The summed E-state index contributed by atoms with van der Waals surface area (Å²) in [4.78, 5) is 0. The SMILES string of the molecule is CCNC(Cc1ccc(F)cc1F)c1cc(C)cc(Br)c1. The molecule has 2 aromatic rings. The van der Waals surface area contributed by atoms with Crippen molar-refractivity contribution >= 4 is 15.9 Å². The van der Waals surface area contributed by atoms with Crippen LogP contribution in [0.1, 0.15) is 29.7 Å². The van der Waals surface area contributed by atoms with E-state index in [1.54, 1.807) is 0 Å². The number of hydrogen-bond acceptors (Lipinski definition) is 1. The lowest BCUT2D eigenvalue weighted by Gasteiger charge is -2.20. The van der Waals surface area contributed by atoms with Crippen molar-refractivity contribution in [2.24, 2.45) is 0 Å². The van der Waals surface area contributed by atoms with E-state index >= 15 is 0 Å². The molecule has 1 atom stereocenters. The zero-order valence-corrected chi connectivity index (χ0v) is 13.7. The van der Waals surface area contributed by atoms with Crippen LogP contribution in [-0.2, 0) is 6.42 Å². The maximum absolute atomic E-state index is 13.8. The molecule has 0 fully saturated rings. The third kappa shape index (κ3) is 4.35. The Bertz CT molecular complexity index is 608. The second kappa shape index (κ2) is 7.14. The van der Waals surface area contributed by atoms with E-state index in [-0.39, 0.29) is 6.04 Å². The molecule has 0 aliphatic carbocycles. The summed E-state index contributed by atoms with van der Waals surface area (Å²) >= 11 is 3.49. The molecule has 1 unspecified atom stereocenters. The Hall–Kier alpha value is -1.26. The van der Waals surface area contributed by atoms with Gasteiger partial charge in [-0.1, -0.05) is 35.0 Å². The Balaban J connectivity index is 2.30. The number of aryl methyl sites for hydroxylation is 1. The van der Waals surface area contributed by atoms with Crippen LogP contribution in [0.4, 0.5) is 8.78 Å². The first-order chi connectivity index (χ1) is 9.99. The number of likely N-dealkylation sites (N-methyl/N-ethyl adjacent to an activating group) is 1. The fraction of sp³-hybridized carbons (Fsp3) is 0.294. The quantitative estimate of drug-likeness (QED) is 0.803. The Morgan fingerprint density at radius 2 is 1.90 bits per heavy atom. The highest BCUT2D eigenvalue weighted by Gasteiger charge is 2.15. The molecule has 21 heavy (non-hydrogen) atoms. The van der Waals surface area contributed by atoms with Crippen LogP contribution in [-0.4, -0.2) is 6.54 Å². The molecule has 0 aromatic heterocycles. The Labute approximate surface area is 132 Å². The first-order valence-electron chi connectivity index (χ1n) is 6.94. The molecule has 1 N–H and O–H groups in total. The summed E-state index contributed by atoms with van der Waals surface area (Å²) in [5.41, 5.74) is 2.74. The van der Waals surface area contributed by atoms with Crippen molar-refractivity contribution in [2.45, 2.75) is 26.3 Å². The van der Waals surface area contributed by atoms with Crippen LogP contribution in [0, 0.1) is 18.6 Å². The minimum atomic E-state index is -0.547. The summed E-state index contributed by atoms with van der Waals surface area (Å²) < 4.78 is 27.8. The summed E-state index contributed by atoms with van der Waals surface area (Å²) in [6.07, 6.45) is 0.482. The number of rotatable bonds is 5. The van der Waals surface area contributed by atoms with Gasteiger partial charge < -0.3 is 5.32 Å². The fourth-order valence-corrected chi connectivity index (χ4v) is 3.05. The van der Waals surface area contributed by atoms with E-state index < -0.39 is 11.6 Å². The largest absolute Gasteiger partial charge is 0.310 e.